The van der Waals surface area contributed by atoms with E-state index in [4.69, 9.17) is 15.2 Å². The highest BCUT2D eigenvalue weighted by atomic mass is 16.5. The van der Waals surface area contributed by atoms with Gasteiger partial charge in [-0.05, 0) is 23.3 Å². The standard InChI is InChI=1S/C17H19NO4/c1-21-15-8-7-13(14(10-18)17(19)20)9-16(15)22-11-12-5-3-2-4-6-12/h2-9,14H,10-11,18H2,1H3,(H,19,20). The smallest absolute Gasteiger partial charge is 0.312 e. The first-order valence-electron chi connectivity index (χ1n) is 6.93. The van der Waals surface area contributed by atoms with E-state index in [1.54, 1.807) is 25.3 Å². The summed E-state index contributed by atoms with van der Waals surface area (Å²) in [4.78, 5) is 11.2. The van der Waals surface area contributed by atoms with Crippen LogP contribution in [0.4, 0.5) is 0 Å². The molecule has 22 heavy (non-hydrogen) atoms. The van der Waals surface area contributed by atoms with Crippen LogP contribution in [0.15, 0.2) is 48.5 Å². The van der Waals surface area contributed by atoms with Gasteiger partial charge in [-0.2, -0.15) is 0 Å². The molecule has 2 rings (SSSR count). The van der Waals surface area contributed by atoms with Crippen LogP contribution < -0.4 is 15.2 Å². The van der Waals surface area contributed by atoms with Crippen LogP contribution in [0.3, 0.4) is 0 Å². The lowest BCUT2D eigenvalue weighted by atomic mass is 9.99. The van der Waals surface area contributed by atoms with E-state index in [2.05, 4.69) is 0 Å². The van der Waals surface area contributed by atoms with Crippen LogP contribution in [0.5, 0.6) is 11.5 Å². The first-order valence-corrected chi connectivity index (χ1v) is 6.93. The van der Waals surface area contributed by atoms with Crippen molar-refractivity contribution < 1.29 is 19.4 Å². The number of carbonyl (C=O) groups is 1. The summed E-state index contributed by atoms with van der Waals surface area (Å²) >= 11 is 0. The Hall–Kier alpha value is -2.53. The van der Waals surface area contributed by atoms with E-state index in [0.717, 1.165) is 5.56 Å². The Morgan fingerprint density at radius 1 is 1.18 bits per heavy atom. The lowest BCUT2D eigenvalue weighted by Gasteiger charge is -2.15. The molecule has 1 unspecified atom stereocenters. The first kappa shape index (κ1) is 15.9. The number of methoxy groups -OCH3 is 1. The minimum Gasteiger partial charge on any atom is -0.493 e. The number of nitrogens with two attached hydrogens (primary N) is 1. The van der Waals surface area contributed by atoms with Crippen molar-refractivity contribution in [1.29, 1.82) is 0 Å². The van der Waals surface area contributed by atoms with Gasteiger partial charge in [0.15, 0.2) is 11.5 Å². The SMILES string of the molecule is COc1ccc(C(CN)C(=O)O)cc1OCc1ccccc1. The fourth-order valence-electron chi connectivity index (χ4n) is 2.14. The molecule has 0 aliphatic rings. The third kappa shape index (κ3) is 3.77. The highest BCUT2D eigenvalue weighted by Gasteiger charge is 2.19. The maximum absolute atomic E-state index is 11.2. The summed E-state index contributed by atoms with van der Waals surface area (Å²) in [5.74, 6) is -0.656. The largest absolute Gasteiger partial charge is 0.493 e. The Kier molecular flexibility index (Phi) is 5.38. The van der Waals surface area contributed by atoms with Gasteiger partial charge >= 0.3 is 5.97 Å². The lowest BCUT2D eigenvalue weighted by Crippen LogP contribution is -2.21. The molecule has 0 bridgehead atoms. The summed E-state index contributed by atoms with van der Waals surface area (Å²) in [5, 5.41) is 9.20. The maximum Gasteiger partial charge on any atom is 0.312 e. The quantitative estimate of drug-likeness (QED) is 0.820. The molecule has 2 aromatic carbocycles. The van der Waals surface area contributed by atoms with Crippen molar-refractivity contribution in [2.24, 2.45) is 5.73 Å². The van der Waals surface area contributed by atoms with E-state index < -0.39 is 11.9 Å². The predicted molar refractivity (Wildman–Crippen MR) is 83.2 cm³/mol. The number of rotatable bonds is 7. The molecule has 0 aliphatic heterocycles. The molecule has 0 fully saturated rings. The minimum absolute atomic E-state index is 0.0276. The van der Waals surface area contributed by atoms with Crippen LogP contribution in [0, 0.1) is 0 Å². The van der Waals surface area contributed by atoms with Crippen molar-refractivity contribution in [1.82, 2.24) is 0 Å². The number of carboxylic acid groups (broad SMARTS) is 1. The zero-order chi connectivity index (χ0) is 15.9. The number of benzene rings is 2. The average molecular weight is 301 g/mol. The molecular formula is C17H19NO4. The Labute approximate surface area is 129 Å². The second-order valence-corrected chi connectivity index (χ2v) is 4.81. The molecule has 0 spiro atoms. The van der Waals surface area contributed by atoms with Crippen LogP contribution in [-0.4, -0.2) is 24.7 Å². The summed E-state index contributed by atoms with van der Waals surface area (Å²) in [6.07, 6.45) is 0. The molecule has 3 N–H and O–H groups in total. The molecule has 0 saturated carbocycles. The van der Waals surface area contributed by atoms with Crippen molar-refractivity contribution in [2.75, 3.05) is 13.7 Å². The van der Waals surface area contributed by atoms with Gasteiger partial charge in [0.1, 0.15) is 6.61 Å². The number of hydrogen-bond acceptors (Lipinski definition) is 4. The molecule has 116 valence electrons. The van der Waals surface area contributed by atoms with E-state index in [-0.39, 0.29) is 6.54 Å². The topological polar surface area (TPSA) is 81.8 Å². The molecule has 0 heterocycles. The number of ether oxygens (including phenoxy) is 2. The zero-order valence-electron chi connectivity index (χ0n) is 12.4. The second kappa shape index (κ2) is 7.47. The van der Waals surface area contributed by atoms with E-state index in [0.29, 0.717) is 23.7 Å². The molecule has 0 aliphatic carbocycles. The molecule has 0 aromatic heterocycles. The molecule has 0 radical (unpaired) electrons. The van der Waals surface area contributed by atoms with Gasteiger partial charge in [0, 0.05) is 6.54 Å². The van der Waals surface area contributed by atoms with E-state index in [1.165, 1.54) is 0 Å². The van der Waals surface area contributed by atoms with Crippen molar-refractivity contribution in [3.63, 3.8) is 0 Å². The zero-order valence-corrected chi connectivity index (χ0v) is 12.4. The number of carboxylic acids is 1. The Morgan fingerprint density at radius 2 is 1.91 bits per heavy atom. The fourth-order valence-corrected chi connectivity index (χ4v) is 2.14. The van der Waals surface area contributed by atoms with Gasteiger partial charge in [-0.1, -0.05) is 36.4 Å². The lowest BCUT2D eigenvalue weighted by molar-refractivity contribution is -0.138. The van der Waals surface area contributed by atoms with Crippen LogP contribution in [-0.2, 0) is 11.4 Å². The normalized spacial score (nSPS) is 11.7. The fraction of sp³-hybridized carbons (Fsp3) is 0.235. The Balaban J connectivity index is 2.22. The monoisotopic (exact) mass is 301 g/mol. The van der Waals surface area contributed by atoms with Crippen LogP contribution in [0.1, 0.15) is 17.0 Å². The predicted octanol–water partition coefficient (Wildman–Crippen LogP) is 2.40. The minimum atomic E-state index is -0.957. The summed E-state index contributed by atoms with van der Waals surface area (Å²) in [7, 11) is 1.54. The summed E-state index contributed by atoms with van der Waals surface area (Å²) in [5.41, 5.74) is 7.15. The second-order valence-electron chi connectivity index (χ2n) is 4.81. The van der Waals surface area contributed by atoms with Crippen molar-refractivity contribution in [2.45, 2.75) is 12.5 Å². The van der Waals surface area contributed by atoms with Crippen molar-refractivity contribution in [3.05, 3.63) is 59.7 Å². The highest BCUT2D eigenvalue weighted by molar-refractivity contribution is 5.76. The van der Waals surface area contributed by atoms with Gasteiger partial charge in [-0.3, -0.25) is 4.79 Å². The van der Waals surface area contributed by atoms with Crippen LogP contribution in [0.25, 0.3) is 0 Å². The summed E-state index contributed by atoms with van der Waals surface area (Å²) in [6, 6.07) is 14.8. The van der Waals surface area contributed by atoms with Gasteiger partial charge < -0.3 is 20.3 Å². The van der Waals surface area contributed by atoms with Gasteiger partial charge in [-0.15, -0.1) is 0 Å². The maximum atomic E-state index is 11.2. The number of hydrogen-bond donors (Lipinski definition) is 2. The molecule has 2 aromatic rings. The first-order chi connectivity index (χ1) is 10.7. The third-order valence-corrected chi connectivity index (χ3v) is 3.36. The van der Waals surface area contributed by atoms with Gasteiger partial charge in [0.05, 0.1) is 13.0 Å². The number of aliphatic carboxylic acids is 1. The third-order valence-electron chi connectivity index (χ3n) is 3.36. The highest BCUT2D eigenvalue weighted by Crippen LogP contribution is 2.31. The van der Waals surface area contributed by atoms with E-state index >= 15 is 0 Å². The average Bonchev–Trinajstić information content (AvgIpc) is 2.54. The summed E-state index contributed by atoms with van der Waals surface area (Å²) < 4.78 is 11.0. The summed E-state index contributed by atoms with van der Waals surface area (Å²) in [6.45, 7) is 0.404. The van der Waals surface area contributed by atoms with E-state index in [9.17, 15) is 9.90 Å². The van der Waals surface area contributed by atoms with Crippen LogP contribution in [0.2, 0.25) is 0 Å². The van der Waals surface area contributed by atoms with Gasteiger partial charge in [0.2, 0.25) is 0 Å². The Bertz CT molecular complexity index is 628. The molecule has 5 heteroatoms. The molecular weight excluding hydrogens is 282 g/mol. The van der Waals surface area contributed by atoms with E-state index in [1.807, 2.05) is 30.3 Å². The molecule has 0 amide bonds. The molecule has 0 saturated heterocycles. The van der Waals surface area contributed by atoms with Crippen LogP contribution >= 0.6 is 0 Å². The van der Waals surface area contributed by atoms with Gasteiger partial charge in [-0.25, -0.2) is 0 Å². The Morgan fingerprint density at radius 3 is 2.50 bits per heavy atom. The van der Waals surface area contributed by atoms with Crippen molar-refractivity contribution >= 4 is 5.97 Å². The molecule has 5 nitrogen and oxygen atoms in total. The molecule has 1 atom stereocenters. The van der Waals surface area contributed by atoms with Crippen molar-refractivity contribution in [3.8, 4) is 11.5 Å². The van der Waals surface area contributed by atoms with Gasteiger partial charge in [0.25, 0.3) is 0 Å².